The Morgan fingerprint density at radius 1 is 0.959 bits per heavy atom. The number of ether oxygens (including phenoxy) is 1. The van der Waals surface area contributed by atoms with Crippen molar-refractivity contribution in [3.8, 4) is 22.9 Å². The zero-order valence-electron chi connectivity index (χ0n) is 27.6. The fourth-order valence-corrected chi connectivity index (χ4v) is 8.02. The summed E-state index contributed by atoms with van der Waals surface area (Å²) < 4.78 is 44.8. The van der Waals surface area contributed by atoms with E-state index < -0.39 is 6.36 Å². The van der Waals surface area contributed by atoms with Gasteiger partial charge in [0.15, 0.2) is 0 Å². The van der Waals surface area contributed by atoms with Crippen molar-refractivity contribution >= 4 is 16.7 Å². The van der Waals surface area contributed by atoms with E-state index >= 15 is 0 Å². The van der Waals surface area contributed by atoms with Crippen LogP contribution < -0.4 is 10.1 Å². The summed E-state index contributed by atoms with van der Waals surface area (Å²) >= 11 is 0. The molecule has 7 nitrogen and oxygen atoms in total. The van der Waals surface area contributed by atoms with Crippen LogP contribution in [0.1, 0.15) is 61.6 Å². The molecular weight excluding hydrogens is 627 g/mol. The molecule has 1 N–H and O–H groups in total. The highest BCUT2D eigenvalue weighted by Crippen LogP contribution is 2.36. The number of hydrogen-bond acceptors (Lipinski definition) is 6. The molecule has 2 bridgehead atoms. The molecule has 3 unspecified atom stereocenters. The molecule has 3 aliphatic heterocycles. The number of hydrogen-bond donors (Lipinski definition) is 1. The van der Waals surface area contributed by atoms with E-state index in [9.17, 15) is 23.2 Å². The minimum Gasteiger partial charge on any atom is -0.406 e. The van der Waals surface area contributed by atoms with E-state index in [2.05, 4.69) is 54.9 Å². The van der Waals surface area contributed by atoms with Gasteiger partial charge in [0.05, 0.1) is 17.7 Å². The number of piperazine rings is 1. The van der Waals surface area contributed by atoms with E-state index in [0.717, 1.165) is 111 Å². The van der Waals surface area contributed by atoms with Crippen molar-refractivity contribution in [2.75, 3.05) is 19.6 Å². The van der Waals surface area contributed by atoms with Crippen molar-refractivity contribution in [2.45, 2.75) is 89.1 Å². The van der Waals surface area contributed by atoms with Crippen molar-refractivity contribution in [2.24, 2.45) is 0 Å². The molecule has 3 saturated heterocycles. The van der Waals surface area contributed by atoms with E-state index in [0.29, 0.717) is 24.3 Å². The zero-order chi connectivity index (χ0) is 34.0. The second-order valence-electron chi connectivity index (χ2n) is 13.8. The van der Waals surface area contributed by atoms with Crippen molar-refractivity contribution in [3.63, 3.8) is 0 Å². The van der Waals surface area contributed by atoms with E-state index in [-0.39, 0.29) is 11.8 Å². The number of carbonyl (C=O) groups excluding carboxylic acids is 1. The van der Waals surface area contributed by atoms with E-state index in [1.165, 1.54) is 17.7 Å². The van der Waals surface area contributed by atoms with Crippen molar-refractivity contribution in [3.05, 3.63) is 89.6 Å². The van der Waals surface area contributed by atoms with Crippen LogP contribution in [-0.4, -0.2) is 64.3 Å². The smallest absolute Gasteiger partial charge is 0.406 e. The molecular formula is C39H42F3N5O2. The minimum atomic E-state index is -4.74. The summed E-state index contributed by atoms with van der Waals surface area (Å²) in [6, 6.07) is 23.7. The fourth-order valence-electron chi connectivity index (χ4n) is 8.02. The number of piperidine rings is 1. The first-order valence-electron chi connectivity index (χ1n) is 17.4. The highest BCUT2D eigenvalue weighted by Gasteiger charge is 2.43. The number of carbonyl (C=O) groups is 1. The van der Waals surface area contributed by atoms with E-state index in [1.54, 1.807) is 12.1 Å². The van der Waals surface area contributed by atoms with Gasteiger partial charge in [-0.05, 0) is 85.7 Å². The molecule has 0 saturated carbocycles. The molecule has 4 heterocycles. The van der Waals surface area contributed by atoms with Gasteiger partial charge in [-0.2, -0.15) is 5.26 Å². The number of aromatic nitrogens is 1. The maximum Gasteiger partial charge on any atom is 0.573 e. The molecule has 49 heavy (non-hydrogen) atoms. The van der Waals surface area contributed by atoms with Crippen LogP contribution in [0.15, 0.2) is 72.9 Å². The van der Waals surface area contributed by atoms with Gasteiger partial charge in [0.2, 0.25) is 0 Å². The lowest BCUT2D eigenvalue weighted by Gasteiger charge is -2.34. The van der Waals surface area contributed by atoms with Crippen LogP contribution in [0.5, 0.6) is 5.75 Å². The maximum absolute atomic E-state index is 12.8. The first kappa shape index (κ1) is 33.3. The second-order valence-corrected chi connectivity index (χ2v) is 13.8. The Hall–Kier alpha value is -4.17. The normalized spacial score (nSPS) is 21.3. The molecule has 0 radical (unpaired) electrons. The Bertz CT molecular complexity index is 1820. The molecule has 10 heteroatoms. The fraction of sp³-hybridized carbons (Fsp3) is 0.436. The van der Waals surface area contributed by atoms with Crippen molar-refractivity contribution < 1.29 is 22.7 Å². The molecule has 3 atom stereocenters. The summed E-state index contributed by atoms with van der Waals surface area (Å²) in [5, 5.41) is 13.9. The number of fused-ring (bicyclic) bond motifs is 3. The summed E-state index contributed by atoms with van der Waals surface area (Å²) in [6.45, 7) is 5.22. The topological polar surface area (TPSA) is 73.5 Å². The van der Waals surface area contributed by atoms with Gasteiger partial charge in [0, 0.05) is 73.9 Å². The highest BCUT2D eigenvalue weighted by molar-refractivity contribution is 5.96. The van der Waals surface area contributed by atoms with Gasteiger partial charge in [-0.15, -0.1) is 13.2 Å². The van der Waals surface area contributed by atoms with Crippen LogP contribution in [0.25, 0.3) is 22.0 Å². The summed E-state index contributed by atoms with van der Waals surface area (Å²) in [5.74, 6) is 0.0568. The number of benzene rings is 3. The Labute approximate surface area is 285 Å². The van der Waals surface area contributed by atoms with Gasteiger partial charge >= 0.3 is 6.36 Å². The number of nitrogens with one attached hydrogen (secondary N) is 1. The molecule has 3 aromatic carbocycles. The first-order chi connectivity index (χ1) is 23.7. The number of Topliss-reactive ketones (excluding diaryl/α,β-unsaturated/α-hetero) is 1. The standard InChI is InChI=1S/C39H42F3N5O2/c40-39(41,42)49-33-14-12-28(13-15-33)35-26-45(18-6-4-10-38(48)36-9-3-5-17-44-36)37-16-11-27(19-34(35)37)22-46-24-32-20-31(46)25-47(32)23-30-8-2-1-7-29(30)21-43/h1-2,7-8,11-16,19,26,31-32,36,44H,3-6,9-10,17-18,20,22-25H2. The van der Waals surface area contributed by atoms with Crippen LogP contribution in [-0.2, 0) is 24.4 Å². The monoisotopic (exact) mass is 669 g/mol. The number of halogens is 3. The van der Waals surface area contributed by atoms with E-state index in [1.807, 2.05) is 24.3 Å². The Morgan fingerprint density at radius 2 is 1.73 bits per heavy atom. The van der Waals surface area contributed by atoms with Gasteiger partial charge < -0.3 is 14.6 Å². The number of alkyl halides is 3. The third-order valence-electron chi connectivity index (χ3n) is 10.5. The molecule has 1 aromatic heterocycles. The predicted molar refractivity (Wildman–Crippen MR) is 183 cm³/mol. The lowest BCUT2D eigenvalue weighted by atomic mass is 9.98. The average molecular weight is 670 g/mol. The summed E-state index contributed by atoms with van der Waals surface area (Å²) in [5.41, 5.74) is 5.87. The Morgan fingerprint density at radius 3 is 2.45 bits per heavy atom. The number of likely N-dealkylation sites (tertiary alicyclic amines) is 2. The molecule has 256 valence electrons. The number of aryl methyl sites for hydroxylation is 1. The summed E-state index contributed by atoms with van der Waals surface area (Å²) in [4.78, 5) is 17.8. The largest absolute Gasteiger partial charge is 0.573 e. The van der Waals surface area contributed by atoms with Crippen LogP contribution in [0.2, 0.25) is 0 Å². The number of nitriles is 1. The second kappa shape index (κ2) is 14.4. The average Bonchev–Trinajstić information content (AvgIpc) is 3.79. The van der Waals surface area contributed by atoms with Crippen LogP contribution in [0.4, 0.5) is 13.2 Å². The molecule has 7 rings (SSSR count). The maximum atomic E-state index is 12.8. The summed E-state index contributed by atoms with van der Waals surface area (Å²) in [7, 11) is 0. The number of ketones is 1. The molecule has 0 amide bonds. The zero-order valence-corrected chi connectivity index (χ0v) is 27.6. The SMILES string of the molecule is N#Cc1ccccc1CN1CC2CC1CN2Cc1ccc2c(c1)c(-c1ccc(OC(F)(F)F)cc1)cn2CCCCC(=O)C1CCCCN1. The van der Waals surface area contributed by atoms with Gasteiger partial charge in [0.1, 0.15) is 11.5 Å². The van der Waals surface area contributed by atoms with Gasteiger partial charge in [-0.3, -0.25) is 14.6 Å². The molecule has 4 aromatic rings. The van der Waals surface area contributed by atoms with Gasteiger partial charge in [0.25, 0.3) is 0 Å². The number of rotatable bonds is 12. The highest BCUT2D eigenvalue weighted by atomic mass is 19.4. The van der Waals surface area contributed by atoms with Crippen molar-refractivity contribution in [1.82, 2.24) is 19.7 Å². The van der Waals surface area contributed by atoms with Crippen molar-refractivity contribution in [1.29, 1.82) is 5.26 Å². The lowest BCUT2D eigenvalue weighted by molar-refractivity contribution is -0.274. The third-order valence-corrected chi connectivity index (χ3v) is 10.5. The van der Waals surface area contributed by atoms with Crippen LogP contribution in [0.3, 0.4) is 0 Å². The quantitative estimate of drug-likeness (QED) is 0.158. The third kappa shape index (κ3) is 7.70. The molecule has 3 aliphatic rings. The predicted octanol–water partition coefficient (Wildman–Crippen LogP) is 7.42. The molecule has 0 aliphatic carbocycles. The minimum absolute atomic E-state index is 0.00958. The summed E-state index contributed by atoms with van der Waals surface area (Å²) in [6.07, 6.45) is 3.85. The molecule has 3 fully saturated rings. The lowest BCUT2D eigenvalue weighted by Crippen LogP contribution is -2.45. The number of unbranched alkanes of at least 4 members (excludes halogenated alkanes) is 1. The first-order valence-corrected chi connectivity index (χ1v) is 17.4. The van der Waals surface area contributed by atoms with E-state index in [4.69, 9.17) is 0 Å². The van der Waals surface area contributed by atoms with Crippen LogP contribution >= 0.6 is 0 Å². The van der Waals surface area contributed by atoms with Gasteiger partial charge in [-0.1, -0.05) is 42.8 Å². The number of nitrogens with zero attached hydrogens (tertiary/aromatic N) is 4. The van der Waals surface area contributed by atoms with Gasteiger partial charge in [-0.25, -0.2) is 0 Å². The Kier molecular flexibility index (Phi) is 9.77. The Balaban J connectivity index is 1.06. The molecule has 0 spiro atoms. The van der Waals surface area contributed by atoms with Crippen LogP contribution in [0, 0.1) is 11.3 Å².